The summed E-state index contributed by atoms with van der Waals surface area (Å²) in [6.45, 7) is 7.86. The summed E-state index contributed by atoms with van der Waals surface area (Å²) in [6, 6.07) is 6.29. The molecule has 0 spiro atoms. The lowest BCUT2D eigenvalue weighted by atomic mass is 10.1. The number of hydrogen-bond acceptors (Lipinski definition) is 2. The van der Waals surface area contributed by atoms with Gasteiger partial charge in [-0.3, -0.25) is 0 Å². The molecule has 84 valence electrons. The SMILES string of the molecule is Cc1cc(CCN)ccc1OCC(C)C. The largest absolute Gasteiger partial charge is 0.493 e. The van der Waals surface area contributed by atoms with E-state index in [1.165, 1.54) is 11.1 Å². The highest BCUT2D eigenvalue weighted by Gasteiger charge is 2.02. The van der Waals surface area contributed by atoms with Crippen molar-refractivity contribution in [3.63, 3.8) is 0 Å². The summed E-state index contributed by atoms with van der Waals surface area (Å²) >= 11 is 0. The second-order valence-corrected chi connectivity index (χ2v) is 4.34. The Hall–Kier alpha value is -1.02. The standard InChI is InChI=1S/C13H21NO/c1-10(2)9-15-13-5-4-12(6-7-14)8-11(13)3/h4-5,8,10H,6-7,9,14H2,1-3H3. The van der Waals surface area contributed by atoms with Crippen molar-refractivity contribution >= 4 is 0 Å². The lowest BCUT2D eigenvalue weighted by Crippen LogP contribution is -2.06. The maximum atomic E-state index is 5.70. The van der Waals surface area contributed by atoms with Crippen molar-refractivity contribution in [1.29, 1.82) is 0 Å². The van der Waals surface area contributed by atoms with Crippen LogP contribution in [0.15, 0.2) is 18.2 Å². The van der Waals surface area contributed by atoms with Crippen molar-refractivity contribution in [2.45, 2.75) is 27.2 Å². The molecule has 0 bridgehead atoms. The Kier molecular flexibility index (Phi) is 4.63. The number of ether oxygens (including phenoxy) is 1. The Morgan fingerprint density at radius 2 is 2.07 bits per heavy atom. The number of aryl methyl sites for hydroxylation is 1. The van der Waals surface area contributed by atoms with Crippen molar-refractivity contribution in [3.8, 4) is 5.75 Å². The normalized spacial score (nSPS) is 10.7. The first-order valence-corrected chi connectivity index (χ1v) is 5.56. The Balaban J connectivity index is 2.66. The Morgan fingerprint density at radius 1 is 1.33 bits per heavy atom. The van der Waals surface area contributed by atoms with Crippen LogP contribution < -0.4 is 10.5 Å². The van der Waals surface area contributed by atoms with E-state index in [0.29, 0.717) is 12.5 Å². The molecule has 0 fully saturated rings. The molecule has 1 rings (SSSR count). The van der Waals surface area contributed by atoms with Gasteiger partial charge in [0.2, 0.25) is 0 Å². The maximum absolute atomic E-state index is 5.70. The predicted molar refractivity (Wildman–Crippen MR) is 64.3 cm³/mol. The van der Waals surface area contributed by atoms with Crippen LogP contribution in [-0.2, 0) is 6.42 Å². The number of hydrogen-bond donors (Lipinski definition) is 1. The van der Waals surface area contributed by atoms with Crippen LogP contribution in [0.2, 0.25) is 0 Å². The highest BCUT2D eigenvalue weighted by atomic mass is 16.5. The highest BCUT2D eigenvalue weighted by Crippen LogP contribution is 2.19. The van der Waals surface area contributed by atoms with E-state index >= 15 is 0 Å². The Morgan fingerprint density at radius 3 is 2.60 bits per heavy atom. The van der Waals surface area contributed by atoms with Gasteiger partial charge in [0.1, 0.15) is 5.75 Å². The third-order valence-corrected chi connectivity index (χ3v) is 2.24. The van der Waals surface area contributed by atoms with Gasteiger partial charge in [-0.1, -0.05) is 26.0 Å². The monoisotopic (exact) mass is 207 g/mol. The molecule has 2 nitrogen and oxygen atoms in total. The van der Waals surface area contributed by atoms with E-state index in [2.05, 4.69) is 32.9 Å². The summed E-state index contributed by atoms with van der Waals surface area (Å²) < 4.78 is 5.70. The molecule has 2 N–H and O–H groups in total. The third kappa shape index (κ3) is 3.92. The molecule has 1 aromatic rings. The van der Waals surface area contributed by atoms with Crippen molar-refractivity contribution in [1.82, 2.24) is 0 Å². The molecule has 0 aliphatic heterocycles. The highest BCUT2D eigenvalue weighted by molar-refractivity contribution is 5.36. The van der Waals surface area contributed by atoms with Crippen LogP contribution >= 0.6 is 0 Å². The summed E-state index contributed by atoms with van der Waals surface area (Å²) in [5, 5.41) is 0. The molecule has 0 aliphatic rings. The molecule has 1 aromatic carbocycles. The fraction of sp³-hybridized carbons (Fsp3) is 0.538. The molecular formula is C13H21NO. The zero-order valence-electron chi connectivity index (χ0n) is 9.92. The molecule has 15 heavy (non-hydrogen) atoms. The molecule has 0 aromatic heterocycles. The van der Waals surface area contributed by atoms with E-state index in [4.69, 9.17) is 10.5 Å². The quantitative estimate of drug-likeness (QED) is 0.805. The Labute approximate surface area is 92.4 Å². The molecule has 0 saturated heterocycles. The lowest BCUT2D eigenvalue weighted by Gasteiger charge is -2.12. The minimum absolute atomic E-state index is 0.563. The summed E-state index contributed by atoms with van der Waals surface area (Å²) in [5.74, 6) is 1.55. The Bertz CT molecular complexity index is 307. The van der Waals surface area contributed by atoms with Gasteiger partial charge in [-0.2, -0.15) is 0 Å². The van der Waals surface area contributed by atoms with Gasteiger partial charge in [0.05, 0.1) is 6.61 Å². The fourth-order valence-corrected chi connectivity index (χ4v) is 1.45. The topological polar surface area (TPSA) is 35.2 Å². The first-order valence-electron chi connectivity index (χ1n) is 5.56. The number of benzene rings is 1. The van der Waals surface area contributed by atoms with Crippen LogP contribution in [-0.4, -0.2) is 13.2 Å². The predicted octanol–water partition coefficient (Wildman–Crippen LogP) is 2.53. The van der Waals surface area contributed by atoms with Crippen molar-refractivity contribution in [3.05, 3.63) is 29.3 Å². The first-order chi connectivity index (χ1) is 7.13. The molecule has 0 amide bonds. The minimum atomic E-state index is 0.563. The molecule has 0 heterocycles. The molecule has 0 aliphatic carbocycles. The first kappa shape index (κ1) is 12.1. The van der Waals surface area contributed by atoms with E-state index in [0.717, 1.165) is 18.8 Å². The summed E-state index contributed by atoms with van der Waals surface area (Å²) in [6.07, 6.45) is 0.936. The summed E-state index contributed by atoms with van der Waals surface area (Å²) in [7, 11) is 0. The van der Waals surface area contributed by atoms with E-state index in [-0.39, 0.29) is 0 Å². The van der Waals surface area contributed by atoms with Crippen molar-refractivity contribution < 1.29 is 4.74 Å². The molecule has 0 unspecified atom stereocenters. The lowest BCUT2D eigenvalue weighted by molar-refractivity contribution is 0.269. The molecule has 0 atom stereocenters. The van der Waals surface area contributed by atoms with E-state index in [1.54, 1.807) is 0 Å². The smallest absolute Gasteiger partial charge is 0.122 e. The van der Waals surface area contributed by atoms with Crippen LogP contribution in [0, 0.1) is 12.8 Å². The van der Waals surface area contributed by atoms with Gasteiger partial charge in [-0.25, -0.2) is 0 Å². The second kappa shape index (κ2) is 5.76. The van der Waals surface area contributed by atoms with Gasteiger partial charge < -0.3 is 10.5 Å². The molecule has 0 saturated carbocycles. The minimum Gasteiger partial charge on any atom is -0.493 e. The van der Waals surface area contributed by atoms with E-state index < -0.39 is 0 Å². The average molecular weight is 207 g/mol. The van der Waals surface area contributed by atoms with Crippen LogP contribution in [0.5, 0.6) is 5.75 Å². The molecule has 2 heteroatoms. The average Bonchev–Trinajstić information content (AvgIpc) is 2.17. The number of rotatable bonds is 5. The maximum Gasteiger partial charge on any atom is 0.122 e. The van der Waals surface area contributed by atoms with Gasteiger partial charge in [0.15, 0.2) is 0 Å². The van der Waals surface area contributed by atoms with Gasteiger partial charge in [-0.05, 0) is 43.0 Å². The fourth-order valence-electron chi connectivity index (χ4n) is 1.45. The third-order valence-electron chi connectivity index (χ3n) is 2.24. The molecular weight excluding hydrogens is 186 g/mol. The van der Waals surface area contributed by atoms with Crippen molar-refractivity contribution in [2.75, 3.05) is 13.2 Å². The van der Waals surface area contributed by atoms with Gasteiger partial charge in [0.25, 0.3) is 0 Å². The van der Waals surface area contributed by atoms with Crippen LogP contribution in [0.1, 0.15) is 25.0 Å². The second-order valence-electron chi connectivity index (χ2n) is 4.34. The zero-order chi connectivity index (χ0) is 11.3. The van der Waals surface area contributed by atoms with Gasteiger partial charge >= 0.3 is 0 Å². The number of nitrogens with two attached hydrogens (primary N) is 1. The van der Waals surface area contributed by atoms with E-state index in [9.17, 15) is 0 Å². The van der Waals surface area contributed by atoms with Gasteiger partial charge in [0, 0.05) is 0 Å². The van der Waals surface area contributed by atoms with Crippen LogP contribution in [0.25, 0.3) is 0 Å². The van der Waals surface area contributed by atoms with Crippen LogP contribution in [0.3, 0.4) is 0 Å². The van der Waals surface area contributed by atoms with E-state index in [1.807, 2.05) is 6.07 Å². The molecule has 0 radical (unpaired) electrons. The zero-order valence-corrected chi connectivity index (χ0v) is 9.92. The van der Waals surface area contributed by atoms with Crippen molar-refractivity contribution in [2.24, 2.45) is 11.7 Å². The van der Waals surface area contributed by atoms with Gasteiger partial charge in [-0.15, -0.1) is 0 Å². The van der Waals surface area contributed by atoms with Crippen LogP contribution in [0.4, 0.5) is 0 Å². The summed E-state index contributed by atoms with van der Waals surface area (Å²) in [4.78, 5) is 0. The summed E-state index contributed by atoms with van der Waals surface area (Å²) in [5.41, 5.74) is 8.00.